The van der Waals surface area contributed by atoms with Gasteiger partial charge in [0.15, 0.2) is 0 Å². The summed E-state index contributed by atoms with van der Waals surface area (Å²) in [5.74, 6) is 0. The molecule has 2 aromatic rings. The van der Waals surface area contributed by atoms with E-state index in [2.05, 4.69) is 36.2 Å². The minimum absolute atomic E-state index is 0. The van der Waals surface area contributed by atoms with Gasteiger partial charge in [0.2, 0.25) is 0 Å². The summed E-state index contributed by atoms with van der Waals surface area (Å²) in [6.45, 7) is 8.53. The number of halogens is 3. The van der Waals surface area contributed by atoms with E-state index in [1.54, 1.807) is 0 Å². The van der Waals surface area contributed by atoms with Gasteiger partial charge in [-0.2, -0.15) is 0 Å². The molecule has 1 saturated heterocycles. The Kier molecular flexibility index (Phi) is 9.47. The number of pyridine rings is 1. The number of aromatic nitrogens is 1. The molecular formula is C19H28Cl3N3. The second kappa shape index (κ2) is 10.5. The highest BCUT2D eigenvalue weighted by Crippen LogP contribution is 2.28. The van der Waals surface area contributed by atoms with Crippen LogP contribution in [0.5, 0.6) is 0 Å². The normalized spacial score (nSPS) is 15.0. The first-order valence-electron chi connectivity index (χ1n) is 8.69. The predicted molar refractivity (Wildman–Crippen MR) is 113 cm³/mol. The molecule has 1 aliphatic rings. The number of para-hydroxylation sites is 1. The molecule has 0 aliphatic carbocycles. The topological polar surface area (TPSA) is 28.2 Å². The minimum atomic E-state index is 0. The molecule has 0 spiro atoms. The monoisotopic (exact) mass is 403 g/mol. The summed E-state index contributed by atoms with van der Waals surface area (Å²) in [7, 11) is 0. The summed E-state index contributed by atoms with van der Waals surface area (Å²) in [4.78, 5) is 7.44. The van der Waals surface area contributed by atoms with Crippen molar-refractivity contribution in [2.24, 2.45) is 0 Å². The lowest BCUT2D eigenvalue weighted by atomic mass is 10.0. The summed E-state index contributed by atoms with van der Waals surface area (Å²) < 4.78 is 0. The lowest BCUT2D eigenvalue weighted by Gasteiger charge is -2.34. The van der Waals surface area contributed by atoms with Gasteiger partial charge in [-0.3, -0.25) is 4.90 Å². The van der Waals surface area contributed by atoms with Crippen LogP contribution in [0.2, 0.25) is 5.02 Å². The molecule has 3 nitrogen and oxygen atoms in total. The SMILES string of the molecule is CCCN(Cc1nc2ccccc2c(C)c1Cl)C1CCNCC1.Cl.Cl. The number of aryl methyl sites for hydroxylation is 1. The van der Waals surface area contributed by atoms with Gasteiger partial charge in [0, 0.05) is 18.0 Å². The Balaban J connectivity index is 0.00000156. The fourth-order valence-corrected chi connectivity index (χ4v) is 3.77. The summed E-state index contributed by atoms with van der Waals surface area (Å²) in [5, 5.41) is 5.44. The molecule has 2 heterocycles. The van der Waals surface area contributed by atoms with E-state index < -0.39 is 0 Å². The van der Waals surface area contributed by atoms with Gasteiger partial charge in [-0.15, -0.1) is 24.8 Å². The van der Waals surface area contributed by atoms with Crippen LogP contribution < -0.4 is 5.32 Å². The van der Waals surface area contributed by atoms with Crippen molar-refractivity contribution in [1.82, 2.24) is 15.2 Å². The average Bonchev–Trinajstić information content (AvgIpc) is 2.60. The summed E-state index contributed by atoms with van der Waals surface area (Å²) in [5.41, 5.74) is 3.22. The van der Waals surface area contributed by atoms with Gasteiger partial charge >= 0.3 is 0 Å². The Morgan fingerprint density at radius 3 is 2.56 bits per heavy atom. The van der Waals surface area contributed by atoms with E-state index in [9.17, 15) is 0 Å². The van der Waals surface area contributed by atoms with Crippen LogP contribution in [0, 0.1) is 6.92 Å². The van der Waals surface area contributed by atoms with Crippen LogP contribution in [0.25, 0.3) is 10.9 Å². The minimum Gasteiger partial charge on any atom is -0.317 e. The molecule has 1 aliphatic heterocycles. The Hall–Kier alpha value is -0.580. The zero-order chi connectivity index (χ0) is 16.2. The highest BCUT2D eigenvalue weighted by molar-refractivity contribution is 6.32. The van der Waals surface area contributed by atoms with Gasteiger partial charge in [-0.25, -0.2) is 4.98 Å². The van der Waals surface area contributed by atoms with Crippen LogP contribution >= 0.6 is 36.4 Å². The van der Waals surface area contributed by atoms with E-state index in [0.29, 0.717) is 6.04 Å². The number of benzene rings is 1. The summed E-state index contributed by atoms with van der Waals surface area (Å²) in [6, 6.07) is 8.91. The zero-order valence-corrected chi connectivity index (χ0v) is 17.3. The van der Waals surface area contributed by atoms with Gasteiger partial charge in [0.25, 0.3) is 0 Å². The third-order valence-electron chi connectivity index (χ3n) is 4.83. The van der Waals surface area contributed by atoms with E-state index in [1.807, 2.05) is 12.1 Å². The molecule has 0 radical (unpaired) electrons. The molecular weight excluding hydrogens is 377 g/mol. The molecule has 0 atom stereocenters. The smallest absolute Gasteiger partial charge is 0.0740 e. The second-order valence-corrected chi connectivity index (χ2v) is 6.84. The van der Waals surface area contributed by atoms with Gasteiger partial charge in [-0.05, 0) is 57.5 Å². The van der Waals surface area contributed by atoms with Gasteiger partial charge in [0.1, 0.15) is 0 Å². The molecule has 0 unspecified atom stereocenters. The van der Waals surface area contributed by atoms with E-state index >= 15 is 0 Å². The van der Waals surface area contributed by atoms with Crippen molar-refractivity contribution in [3.63, 3.8) is 0 Å². The average molecular weight is 405 g/mol. The zero-order valence-electron chi connectivity index (χ0n) is 14.9. The van der Waals surface area contributed by atoms with Crippen molar-refractivity contribution in [1.29, 1.82) is 0 Å². The lowest BCUT2D eigenvalue weighted by molar-refractivity contribution is 0.152. The second-order valence-electron chi connectivity index (χ2n) is 6.47. The number of fused-ring (bicyclic) bond motifs is 1. The number of nitrogens with one attached hydrogen (secondary N) is 1. The summed E-state index contributed by atoms with van der Waals surface area (Å²) >= 11 is 6.65. The first-order chi connectivity index (χ1) is 11.2. The molecule has 1 aromatic heterocycles. The quantitative estimate of drug-likeness (QED) is 0.759. The van der Waals surface area contributed by atoms with E-state index in [1.165, 1.54) is 12.8 Å². The molecule has 25 heavy (non-hydrogen) atoms. The van der Waals surface area contributed by atoms with Crippen LogP contribution in [0.1, 0.15) is 37.4 Å². The van der Waals surface area contributed by atoms with Crippen LogP contribution in [-0.2, 0) is 6.54 Å². The number of hydrogen-bond donors (Lipinski definition) is 1. The Bertz CT molecular complexity index is 672. The molecule has 6 heteroatoms. The number of hydrogen-bond acceptors (Lipinski definition) is 3. The van der Waals surface area contributed by atoms with Crippen LogP contribution in [0.15, 0.2) is 24.3 Å². The lowest BCUT2D eigenvalue weighted by Crippen LogP contribution is -2.43. The third-order valence-corrected chi connectivity index (χ3v) is 5.34. The number of piperidine rings is 1. The Morgan fingerprint density at radius 2 is 1.88 bits per heavy atom. The third kappa shape index (κ3) is 5.21. The molecule has 1 N–H and O–H groups in total. The van der Waals surface area contributed by atoms with Gasteiger partial charge in [0.05, 0.1) is 16.2 Å². The predicted octanol–water partition coefficient (Wildman–Crippen LogP) is 5.00. The van der Waals surface area contributed by atoms with Crippen LogP contribution in [-0.4, -0.2) is 35.6 Å². The van der Waals surface area contributed by atoms with E-state index in [-0.39, 0.29) is 24.8 Å². The fourth-order valence-electron chi connectivity index (χ4n) is 3.56. The maximum atomic E-state index is 6.65. The molecule has 0 amide bonds. The fraction of sp³-hybridized carbons (Fsp3) is 0.526. The van der Waals surface area contributed by atoms with Crippen LogP contribution in [0.3, 0.4) is 0 Å². The standard InChI is InChI=1S/C19H26ClN3.2ClH/c1-3-12-23(15-8-10-21-11-9-15)13-18-19(20)14(2)16-6-4-5-7-17(16)22-18;;/h4-7,15,21H,3,8-13H2,1-2H3;2*1H. The molecule has 0 saturated carbocycles. The summed E-state index contributed by atoms with van der Waals surface area (Å²) in [6.07, 6.45) is 3.59. The largest absolute Gasteiger partial charge is 0.317 e. The van der Waals surface area contributed by atoms with Crippen molar-refractivity contribution in [2.75, 3.05) is 19.6 Å². The van der Waals surface area contributed by atoms with Crippen molar-refractivity contribution in [3.8, 4) is 0 Å². The molecule has 1 aromatic carbocycles. The van der Waals surface area contributed by atoms with Crippen molar-refractivity contribution < 1.29 is 0 Å². The maximum Gasteiger partial charge on any atom is 0.0740 e. The maximum absolute atomic E-state index is 6.65. The number of nitrogens with zero attached hydrogens (tertiary/aromatic N) is 2. The highest BCUT2D eigenvalue weighted by atomic mass is 35.5. The molecule has 0 bridgehead atoms. The van der Waals surface area contributed by atoms with E-state index in [4.69, 9.17) is 16.6 Å². The molecule has 140 valence electrons. The number of rotatable bonds is 5. The first kappa shape index (κ1) is 22.5. The van der Waals surface area contributed by atoms with E-state index in [0.717, 1.165) is 59.8 Å². The van der Waals surface area contributed by atoms with Crippen molar-refractivity contribution in [2.45, 2.75) is 45.7 Å². The highest BCUT2D eigenvalue weighted by Gasteiger charge is 2.22. The Morgan fingerprint density at radius 1 is 1.20 bits per heavy atom. The van der Waals surface area contributed by atoms with Gasteiger partial charge < -0.3 is 5.32 Å². The molecule has 3 rings (SSSR count). The molecule has 1 fully saturated rings. The van der Waals surface area contributed by atoms with Gasteiger partial charge in [-0.1, -0.05) is 36.7 Å². The van der Waals surface area contributed by atoms with Crippen molar-refractivity contribution >= 4 is 47.3 Å². The first-order valence-corrected chi connectivity index (χ1v) is 9.07. The van der Waals surface area contributed by atoms with Crippen molar-refractivity contribution in [3.05, 3.63) is 40.5 Å². The Labute approximate surface area is 168 Å². The van der Waals surface area contributed by atoms with Crippen LogP contribution in [0.4, 0.5) is 0 Å².